The molecule has 0 bridgehead atoms. The standard InChI is InChI=1S/C15H18ClN3O2S/c1-10(2)5-6-21-13-4-3-11(7-12(13)16)8-17-19-15-18-14(20)9-22-15/h3-4,7-8,10H,5-6,9H2,1-2H3,(H,18,19,20). The number of carbonyl (C=O) groups is 1. The summed E-state index contributed by atoms with van der Waals surface area (Å²) < 4.78 is 5.65. The van der Waals surface area contributed by atoms with E-state index in [2.05, 4.69) is 29.4 Å². The molecule has 0 aliphatic carbocycles. The normalized spacial score (nSPS) is 16.7. The quantitative estimate of drug-likeness (QED) is 0.638. The van der Waals surface area contributed by atoms with Gasteiger partial charge in [-0.2, -0.15) is 5.10 Å². The third-order valence-electron chi connectivity index (χ3n) is 2.85. The van der Waals surface area contributed by atoms with Crippen molar-refractivity contribution in [1.29, 1.82) is 0 Å². The van der Waals surface area contributed by atoms with Crippen LogP contribution in [0.3, 0.4) is 0 Å². The molecule has 0 spiro atoms. The number of nitrogens with zero attached hydrogens (tertiary/aromatic N) is 2. The van der Waals surface area contributed by atoms with Crippen LogP contribution >= 0.6 is 23.4 Å². The highest BCUT2D eigenvalue weighted by Crippen LogP contribution is 2.25. The van der Waals surface area contributed by atoms with Gasteiger partial charge in [-0.3, -0.25) is 4.79 Å². The number of halogens is 1. The van der Waals surface area contributed by atoms with Crippen molar-refractivity contribution in [3.05, 3.63) is 28.8 Å². The molecule has 1 aromatic rings. The Hall–Kier alpha value is -1.53. The summed E-state index contributed by atoms with van der Waals surface area (Å²) in [4.78, 5) is 11.0. The highest BCUT2D eigenvalue weighted by molar-refractivity contribution is 8.15. The first kappa shape index (κ1) is 16.8. The van der Waals surface area contributed by atoms with Crippen LogP contribution in [0.5, 0.6) is 5.75 Å². The second kappa shape index (κ2) is 8.19. The lowest BCUT2D eigenvalue weighted by atomic mass is 10.1. The lowest BCUT2D eigenvalue weighted by Crippen LogP contribution is -2.19. The van der Waals surface area contributed by atoms with E-state index in [4.69, 9.17) is 16.3 Å². The number of amidine groups is 1. The van der Waals surface area contributed by atoms with E-state index in [9.17, 15) is 4.79 Å². The Bertz CT molecular complexity index is 602. The molecule has 1 aliphatic heterocycles. The first-order valence-electron chi connectivity index (χ1n) is 7.00. The van der Waals surface area contributed by atoms with Crippen LogP contribution in [-0.2, 0) is 4.79 Å². The van der Waals surface area contributed by atoms with Crippen LogP contribution in [0, 0.1) is 5.92 Å². The Balaban J connectivity index is 1.92. The van der Waals surface area contributed by atoms with Crippen LogP contribution in [0.4, 0.5) is 0 Å². The van der Waals surface area contributed by atoms with Crippen molar-refractivity contribution in [2.45, 2.75) is 20.3 Å². The van der Waals surface area contributed by atoms with Crippen LogP contribution in [0.1, 0.15) is 25.8 Å². The number of hydrogen-bond acceptors (Lipinski definition) is 5. The van der Waals surface area contributed by atoms with Crippen molar-refractivity contribution in [1.82, 2.24) is 5.32 Å². The van der Waals surface area contributed by atoms with E-state index in [1.165, 1.54) is 11.8 Å². The topological polar surface area (TPSA) is 63.1 Å². The fraction of sp³-hybridized carbons (Fsp3) is 0.400. The van der Waals surface area contributed by atoms with E-state index in [1.54, 1.807) is 12.3 Å². The van der Waals surface area contributed by atoms with Crippen LogP contribution in [0.2, 0.25) is 5.02 Å². The fourth-order valence-corrected chi connectivity index (χ4v) is 2.52. The molecule has 2 rings (SSSR count). The molecule has 1 N–H and O–H groups in total. The van der Waals surface area contributed by atoms with Gasteiger partial charge in [0, 0.05) is 0 Å². The van der Waals surface area contributed by atoms with Crippen LogP contribution in [-0.4, -0.2) is 29.6 Å². The average molecular weight is 340 g/mol. The lowest BCUT2D eigenvalue weighted by molar-refractivity contribution is -0.116. The minimum atomic E-state index is -0.0510. The zero-order chi connectivity index (χ0) is 15.9. The Kier molecular flexibility index (Phi) is 6.27. The zero-order valence-corrected chi connectivity index (χ0v) is 14.1. The highest BCUT2D eigenvalue weighted by atomic mass is 35.5. The smallest absolute Gasteiger partial charge is 0.236 e. The molecule has 22 heavy (non-hydrogen) atoms. The minimum absolute atomic E-state index is 0.0510. The number of thioether (sulfide) groups is 1. The van der Waals surface area contributed by atoms with Gasteiger partial charge in [0.2, 0.25) is 5.91 Å². The van der Waals surface area contributed by atoms with E-state index in [0.717, 1.165) is 12.0 Å². The molecule has 1 heterocycles. The number of nitrogens with one attached hydrogen (secondary N) is 1. The summed E-state index contributed by atoms with van der Waals surface area (Å²) in [5, 5.41) is 11.5. The van der Waals surface area contributed by atoms with Gasteiger partial charge in [0.1, 0.15) is 5.75 Å². The van der Waals surface area contributed by atoms with E-state index in [1.807, 2.05) is 12.1 Å². The summed E-state index contributed by atoms with van der Waals surface area (Å²) in [6.07, 6.45) is 2.57. The molecule has 1 amide bonds. The summed E-state index contributed by atoms with van der Waals surface area (Å²) in [7, 11) is 0. The lowest BCUT2D eigenvalue weighted by Gasteiger charge is -2.09. The minimum Gasteiger partial charge on any atom is -0.492 e. The number of ether oxygens (including phenoxy) is 1. The zero-order valence-electron chi connectivity index (χ0n) is 12.5. The van der Waals surface area contributed by atoms with Crippen LogP contribution in [0.15, 0.2) is 28.4 Å². The number of hydrogen-bond donors (Lipinski definition) is 1. The largest absolute Gasteiger partial charge is 0.492 e. The SMILES string of the molecule is CC(C)CCOc1ccc(C=NN=C2NC(=O)CS2)cc1Cl. The monoisotopic (exact) mass is 339 g/mol. The maximum Gasteiger partial charge on any atom is 0.236 e. The van der Waals surface area contributed by atoms with Gasteiger partial charge in [-0.1, -0.05) is 37.2 Å². The van der Waals surface area contributed by atoms with Crippen molar-refractivity contribution in [2.75, 3.05) is 12.4 Å². The number of rotatable bonds is 6. The van der Waals surface area contributed by atoms with Crippen LogP contribution in [0.25, 0.3) is 0 Å². The predicted molar refractivity (Wildman–Crippen MR) is 92.0 cm³/mol. The molecule has 1 saturated heterocycles. The second-order valence-corrected chi connectivity index (χ2v) is 6.58. The Morgan fingerprint density at radius 3 is 2.95 bits per heavy atom. The summed E-state index contributed by atoms with van der Waals surface area (Å²) in [5.74, 6) is 1.61. The average Bonchev–Trinajstić information content (AvgIpc) is 2.86. The summed E-state index contributed by atoms with van der Waals surface area (Å²) in [6, 6.07) is 5.46. The molecule has 0 atom stereocenters. The molecule has 118 valence electrons. The molecular weight excluding hydrogens is 322 g/mol. The number of carbonyl (C=O) groups excluding carboxylic acids is 1. The Morgan fingerprint density at radius 2 is 2.32 bits per heavy atom. The van der Waals surface area contributed by atoms with Crippen LogP contribution < -0.4 is 10.1 Å². The first-order valence-corrected chi connectivity index (χ1v) is 8.37. The molecule has 0 aromatic heterocycles. The molecule has 5 nitrogen and oxygen atoms in total. The molecule has 0 saturated carbocycles. The number of amides is 1. The van der Waals surface area contributed by atoms with Gasteiger partial charge in [-0.05, 0) is 36.1 Å². The molecule has 0 unspecified atom stereocenters. The van der Waals surface area contributed by atoms with Gasteiger partial charge < -0.3 is 10.1 Å². The van der Waals surface area contributed by atoms with Crippen molar-refractivity contribution < 1.29 is 9.53 Å². The van der Waals surface area contributed by atoms with E-state index in [-0.39, 0.29) is 5.91 Å². The van der Waals surface area contributed by atoms with Crippen molar-refractivity contribution in [2.24, 2.45) is 16.1 Å². The first-order chi connectivity index (χ1) is 10.5. The molecule has 1 aliphatic rings. The molecular formula is C15H18ClN3O2S. The van der Waals surface area contributed by atoms with E-state index in [0.29, 0.717) is 34.2 Å². The van der Waals surface area contributed by atoms with Gasteiger partial charge in [-0.25, -0.2) is 0 Å². The Labute approximate surface area is 139 Å². The van der Waals surface area contributed by atoms with Gasteiger partial charge >= 0.3 is 0 Å². The Morgan fingerprint density at radius 1 is 1.50 bits per heavy atom. The molecule has 1 fully saturated rings. The maximum absolute atomic E-state index is 11.0. The third kappa shape index (κ3) is 5.35. The second-order valence-electron chi connectivity index (χ2n) is 5.21. The van der Waals surface area contributed by atoms with Crippen molar-refractivity contribution in [3.63, 3.8) is 0 Å². The van der Waals surface area contributed by atoms with E-state index >= 15 is 0 Å². The van der Waals surface area contributed by atoms with Gasteiger partial charge in [0.25, 0.3) is 0 Å². The fourth-order valence-electron chi connectivity index (χ4n) is 1.65. The van der Waals surface area contributed by atoms with Gasteiger partial charge in [0.15, 0.2) is 5.17 Å². The maximum atomic E-state index is 11.0. The van der Waals surface area contributed by atoms with Crippen molar-refractivity contribution in [3.8, 4) is 5.75 Å². The summed E-state index contributed by atoms with van der Waals surface area (Å²) >= 11 is 7.52. The van der Waals surface area contributed by atoms with Crippen molar-refractivity contribution >= 4 is 40.7 Å². The number of benzene rings is 1. The predicted octanol–water partition coefficient (Wildman–Crippen LogP) is 3.32. The highest BCUT2D eigenvalue weighted by Gasteiger charge is 2.15. The third-order valence-corrected chi connectivity index (χ3v) is 4.01. The van der Waals surface area contributed by atoms with Gasteiger partial charge in [-0.15, -0.1) is 5.10 Å². The molecule has 7 heteroatoms. The summed E-state index contributed by atoms with van der Waals surface area (Å²) in [5.41, 5.74) is 0.819. The van der Waals surface area contributed by atoms with E-state index < -0.39 is 0 Å². The molecule has 1 aromatic carbocycles. The molecule has 0 radical (unpaired) electrons. The van der Waals surface area contributed by atoms with Gasteiger partial charge in [0.05, 0.1) is 23.6 Å². The summed E-state index contributed by atoms with van der Waals surface area (Å²) in [6.45, 7) is 4.95.